The Hall–Kier alpha value is -1.62. The van der Waals surface area contributed by atoms with Crippen LogP contribution < -0.4 is 5.73 Å². The summed E-state index contributed by atoms with van der Waals surface area (Å²) in [6.45, 7) is 3.11. The monoisotopic (exact) mass is 263 g/mol. The first kappa shape index (κ1) is 11.5. The van der Waals surface area contributed by atoms with Crippen molar-refractivity contribution in [3.05, 3.63) is 23.2 Å². The van der Waals surface area contributed by atoms with Gasteiger partial charge in [0.1, 0.15) is 0 Å². The Bertz CT molecular complexity index is 580. The van der Waals surface area contributed by atoms with Gasteiger partial charge in [-0.25, -0.2) is 4.68 Å². The van der Waals surface area contributed by atoms with Crippen LogP contribution in [0, 0.1) is 11.8 Å². The first-order valence-electron chi connectivity index (χ1n) is 5.96. The lowest BCUT2D eigenvalue weighted by Gasteiger charge is -2.05. The third kappa shape index (κ3) is 2.06. The van der Waals surface area contributed by atoms with Crippen molar-refractivity contribution in [1.29, 1.82) is 0 Å². The molecule has 2 unspecified atom stereocenters. The molecule has 2 aromatic rings. The van der Waals surface area contributed by atoms with E-state index < -0.39 is 0 Å². The fourth-order valence-electron chi connectivity index (χ4n) is 2.08. The van der Waals surface area contributed by atoms with Gasteiger partial charge in [-0.05, 0) is 46.9 Å². The zero-order chi connectivity index (χ0) is 12.7. The van der Waals surface area contributed by atoms with E-state index in [2.05, 4.69) is 22.4 Å². The van der Waals surface area contributed by atoms with Crippen molar-refractivity contribution >= 4 is 17.3 Å². The molecule has 1 aromatic carbocycles. The van der Waals surface area contributed by atoms with Gasteiger partial charge < -0.3 is 5.73 Å². The maximum atomic E-state index is 6.02. The lowest BCUT2D eigenvalue weighted by molar-refractivity contribution is 0.528. The van der Waals surface area contributed by atoms with E-state index in [9.17, 15) is 0 Å². The van der Waals surface area contributed by atoms with Crippen LogP contribution in [0.4, 0.5) is 5.69 Å². The van der Waals surface area contributed by atoms with E-state index in [0.717, 1.165) is 23.9 Å². The molecule has 18 heavy (non-hydrogen) atoms. The van der Waals surface area contributed by atoms with Crippen LogP contribution in [0.2, 0.25) is 5.02 Å². The van der Waals surface area contributed by atoms with Gasteiger partial charge in [-0.3, -0.25) is 0 Å². The van der Waals surface area contributed by atoms with Crippen molar-refractivity contribution in [3.8, 4) is 11.4 Å². The molecule has 6 heteroatoms. The number of tetrazole rings is 1. The molecule has 0 spiro atoms. The number of halogens is 1. The summed E-state index contributed by atoms with van der Waals surface area (Å²) in [6, 6.07) is 5.46. The first-order valence-corrected chi connectivity index (χ1v) is 6.34. The van der Waals surface area contributed by atoms with E-state index >= 15 is 0 Å². The quantitative estimate of drug-likeness (QED) is 0.862. The Morgan fingerprint density at radius 3 is 2.94 bits per heavy atom. The predicted molar refractivity (Wildman–Crippen MR) is 69.9 cm³/mol. The van der Waals surface area contributed by atoms with E-state index in [-0.39, 0.29) is 0 Å². The summed E-state index contributed by atoms with van der Waals surface area (Å²) in [5, 5.41) is 12.4. The molecule has 5 nitrogen and oxygen atoms in total. The molecule has 0 amide bonds. The summed E-state index contributed by atoms with van der Waals surface area (Å²) in [5.74, 6) is 2.21. The number of benzene rings is 1. The fourth-order valence-corrected chi connectivity index (χ4v) is 2.26. The first-order chi connectivity index (χ1) is 8.65. The molecule has 0 saturated heterocycles. The van der Waals surface area contributed by atoms with Crippen LogP contribution in [-0.2, 0) is 6.54 Å². The van der Waals surface area contributed by atoms with Gasteiger partial charge in [-0.1, -0.05) is 18.5 Å². The number of rotatable bonds is 3. The van der Waals surface area contributed by atoms with Gasteiger partial charge in [-0.2, -0.15) is 0 Å². The summed E-state index contributed by atoms with van der Waals surface area (Å²) < 4.78 is 1.84. The Balaban J connectivity index is 1.91. The average molecular weight is 264 g/mol. The summed E-state index contributed by atoms with van der Waals surface area (Å²) in [6.07, 6.45) is 1.25. The molecule has 94 valence electrons. The largest absolute Gasteiger partial charge is 0.398 e. The number of nitrogens with two attached hydrogens (primary N) is 1. The SMILES string of the molecule is CC1CC1Cn1nnnc1-c1ccc(N)c(Cl)c1. The molecular weight excluding hydrogens is 250 g/mol. The zero-order valence-electron chi connectivity index (χ0n) is 10.0. The lowest BCUT2D eigenvalue weighted by Crippen LogP contribution is -2.05. The van der Waals surface area contributed by atoms with Crippen molar-refractivity contribution in [1.82, 2.24) is 20.2 Å². The minimum Gasteiger partial charge on any atom is -0.398 e. The molecule has 2 N–H and O–H groups in total. The fraction of sp³-hybridized carbons (Fsp3) is 0.417. The molecule has 1 heterocycles. The van der Waals surface area contributed by atoms with Crippen LogP contribution in [0.1, 0.15) is 13.3 Å². The van der Waals surface area contributed by atoms with Gasteiger partial charge >= 0.3 is 0 Å². The Kier molecular flexibility index (Phi) is 2.70. The van der Waals surface area contributed by atoms with Crippen molar-refractivity contribution in [2.75, 3.05) is 5.73 Å². The number of aromatic nitrogens is 4. The van der Waals surface area contributed by atoms with Crippen molar-refractivity contribution in [3.63, 3.8) is 0 Å². The van der Waals surface area contributed by atoms with Gasteiger partial charge in [0.2, 0.25) is 0 Å². The van der Waals surface area contributed by atoms with Crippen LogP contribution in [0.5, 0.6) is 0 Å². The summed E-state index contributed by atoms with van der Waals surface area (Å²) in [5.41, 5.74) is 7.16. The van der Waals surface area contributed by atoms with Crippen molar-refractivity contribution in [2.24, 2.45) is 11.8 Å². The van der Waals surface area contributed by atoms with E-state index in [4.69, 9.17) is 17.3 Å². The van der Waals surface area contributed by atoms with Crippen molar-refractivity contribution in [2.45, 2.75) is 19.9 Å². The second-order valence-electron chi connectivity index (χ2n) is 4.89. The minimum atomic E-state index is 0.529. The topological polar surface area (TPSA) is 69.6 Å². The second-order valence-corrected chi connectivity index (χ2v) is 5.30. The molecule has 1 aromatic heterocycles. The standard InChI is InChI=1S/C12H14ClN5/c1-7-4-9(7)6-18-12(15-16-17-18)8-2-3-11(14)10(13)5-8/h2-3,5,7,9H,4,6,14H2,1H3. The van der Waals surface area contributed by atoms with Gasteiger partial charge in [0.15, 0.2) is 5.82 Å². The molecule has 0 radical (unpaired) electrons. The number of hydrogen-bond acceptors (Lipinski definition) is 4. The van der Waals surface area contributed by atoms with Gasteiger partial charge in [0.25, 0.3) is 0 Å². The average Bonchev–Trinajstić information content (AvgIpc) is 2.86. The van der Waals surface area contributed by atoms with E-state index in [1.54, 1.807) is 12.1 Å². The second kappa shape index (κ2) is 4.24. The normalized spacial score (nSPS) is 22.1. The minimum absolute atomic E-state index is 0.529. The third-order valence-electron chi connectivity index (χ3n) is 3.47. The number of anilines is 1. The Labute approximate surface area is 110 Å². The van der Waals surface area contributed by atoms with Gasteiger partial charge in [-0.15, -0.1) is 5.10 Å². The Morgan fingerprint density at radius 2 is 2.28 bits per heavy atom. The molecule has 0 bridgehead atoms. The number of nitrogens with zero attached hydrogens (tertiary/aromatic N) is 4. The van der Waals surface area contributed by atoms with E-state index in [1.165, 1.54) is 6.42 Å². The van der Waals surface area contributed by atoms with Crippen LogP contribution in [0.15, 0.2) is 18.2 Å². The van der Waals surface area contributed by atoms with Crippen molar-refractivity contribution < 1.29 is 0 Å². The van der Waals surface area contributed by atoms with Crippen LogP contribution in [0.3, 0.4) is 0 Å². The summed E-state index contributed by atoms with van der Waals surface area (Å²) >= 11 is 6.02. The lowest BCUT2D eigenvalue weighted by atomic mass is 10.2. The highest BCUT2D eigenvalue weighted by Gasteiger charge is 2.33. The molecule has 1 aliphatic rings. The summed E-state index contributed by atoms with van der Waals surface area (Å²) in [4.78, 5) is 0. The number of hydrogen-bond donors (Lipinski definition) is 1. The van der Waals surface area contributed by atoms with Gasteiger partial charge in [0.05, 0.1) is 10.7 Å². The van der Waals surface area contributed by atoms with Crippen LogP contribution >= 0.6 is 11.6 Å². The molecule has 1 saturated carbocycles. The maximum Gasteiger partial charge on any atom is 0.182 e. The van der Waals surface area contributed by atoms with E-state index in [0.29, 0.717) is 16.6 Å². The molecular formula is C12H14ClN5. The molecule has 1 aliphatic carbocycles. The van der Waals surface area contributed by atoms with E-state index in [1.807, 2.05) is 10.7 Å². The molecule has 1 fully saturated rings. The summed E-state index contributed by atoms with van der Waals surface area (Å²) in [7, 11) is 0. The molecule has 0 aliphatic heterocycles. The predicted octanol–water partition coefficient (Wildman–Crippen LogP) is 2.23. The molecule has 2 atom stereocenters. The highest BCUT2D eigenvalue weighted by Crippen LogP contribution is 2.39. The maximum absolute atomic E-state index is 6.02. The van der Waals surface area contributed by atoms with Crippen LogP contribution in [-0.4, -0.2) is 20.2 Å². The highest BCUT2D eigenvalue weighted by molar-refractivity contribution is 6.33. The number of nitrogen functional groups attached to an aromatic ring is 1. The Morgan fingerprint density at radius 1 is 1.50 bits per heavy atom. The molecule has 3 rings (SSSR count). The highest BCUT2D eigenvalue weighted by atomic mass is 35.5. The van der Waals surface area contributed by atoms with Crippen LogP contribution in [0.25, 0.3) is 11.4 Å². The van der Waals surface area contributed by atoms with Gasteiger partial charge in [0, 0.05) is 12.1 Å². The zero-order valence-corrected chi connectivity index (χ0v) is 10.8. The third-order valence-corrected chi connectivity index (χ3v) is 3.80. The smallest absolute Gasteiger partial charge is 0.182 e.